The number of nitrogens with zero attached hydrogens (tertiary/aromatic N) is 4. The first-order chi connectivity index (χ1) is 19.5. The van der Waals surface area contributed by atoms with Gasteiger partial charge in [-0.2, -0.15) is 18.3 Å². The number of rotatable bonds is 6. The van der Waals surface area contributed by atoms with Crippen LogP contribution in [0.25, 0.3) is 16.6 Å². The number of benzene rings is 2. The molecule has 0 spiro atoms. The summed E-state index contributed by atoms with van der Waals surface area (Å²) in [6, 6.07) is 7.24. The fourth-order valence-electron chi connectivity index (χ4n) is 4.62. The lowest BCUT2D eigenvalue weighted by atomic mass is 10.0. The summed E-state index contributed by atoms with van der Waals surface area (Å²) >= 11 is 0. The number of amides is 3. The highest BCUT2D eigenvalue weighted by molar-refractivity contribution is 6.00. The van der Waals surface area contributed by atoms with Gasteiger partial charge < -0.3 is 26.4 Å². The van der Waals surface area contributed by atoms with E-state index in [-0.39, 0.29) is 24.0 Å². The monoisotopic (exact) mass is 572 g/mol. The number of halogens is 4. The highest BCUT2D eigenvalue weighted by atomic mass is 19.4. The quantitative estimate of drug-likeness (QED) is 0.258. The van der Waals surface area contributed by atoms with Crippen molar-refractivity contribution in [2.75, 3.05) is 43.1 Å². The van der Waals surface area contributed by atoms with E-state index in [1.54, 1.807) is 28.8 Å². The van der Waals surface area contributed by atoms with Gasteiger partial charge in [-0.05, 0) is 35.9 Å². The van der Waals surface area contributed by atoms with E-state index in [1.165, 1.54) is 13.4 Å². The average molecular weight is 573 g/mol. The Balaban J connectivity index is 1.41. The van der Waals surface area contributed by atoms with E-state index in [0.29, 0.717) is 65.9 Å². The molecule has 3 amide bonds. The number of alkyl halides is 3. The normalized spacial score (nSPS) is 14.1. The van der Waals surface area contributed by atoms with Crippen LogP contribution in [0.4, 0.5) is 39.5 Å². The molecule has 0 atom stereocenters. The molecule has 0 saturated carbocycles. The summed E-state index contributed by atoms with van der Waals surface area (Å²) in [7, 11) is 1.50. The molecule has 2 aromatic heterocycles. The number of carbonyl (C=O) groups is 2. The van der Waals surface area contributed by atoms with E-state index >= 15 is 0 Å². The van der Waals surface area contributed by atoms with Crippen molar-refractivity contribution in [2.24, 2.45) is 0 Å². The predicted octanol–water partition coefficient (Wildman–Crippen LogP) is 3.72. The zero-order valence-corrected chi connectivity index (χ0v) is 21.6. The number of aromatic nitrogens is 3. The van der Waals surface area contributed by atoms with Gasteiger partial charge in [-0.1, -0.05) is 12.1 Å². The van der Waals surface area contributed by atoms with Crippen LogP contribution < -0.4 is 26.4 Å². The molecule has 5 rings (SSSR count). The van der Waals surface area contributed by atoms with Crippen LogP contribution >= 0.6 is 0 Å². The number of nitrogen functional groups attached to an aromatic ring is 1. The molecule has 1 aliphatic rings. The molecule has 1 fully saturated rings. The standard InChI is InChI=1S/C26H24F4N8O3/c1-41-23-19(11-37-9-8-32-20(39)12-37)38-22(24(31)33-13-34-38)21(23)14-2-5-16(6-3-14)35-25(40)36-18-10-15(26(28,29)30)4-7-17(18)27/h2-7,10,13H,8-9,11-12H2,1H3,(H,32,39)(H2,31,33,34)(H2,35,36,40). The van der Waals surface area contributed by atoms with Gasteiger partial charge in [0.15, 0.2) is 11.6 Å². The van der Waals surface area contributed by atoms with Crippen LogP contribution in [0.3, 0.4) is 0 Å². The van der Waals surface area contributed by atoms with Gasteiger partial charge in [0.2, 0.25) is 5.91 Å². The Bertz CT molecular complexity index is 1620. The van der Waals surface area contributed by atoms with Gasteiger partial charge in [-0.15, -0.1) is 0 Å². The Morgan fingerprint density at radius 3 is 2.61 bits per heavy atom. The maximum Gasteiger partial charge on any atom is 0.416 e. The molecule has 1 aliphatic heterocycles. The summed E-state index contributed by atoms with van der Waals surface area (Å²) in [5, 5.41) is 11.7. The molecule has 214 valence electrons. The number of hydrogen-bond acceptors (Lipinski definition) is 7. The van der Waals surface area contributed by atoms with Crippen molar-refractivity contribution in [3.8, 4) is 16.9 Å². The zero-order valence-electron chi connectivity index (χ0n) is 21.6. The number of nitrogens with one attached hydrogen (secondary N) is 3. The summed E-state index contributed by atoms with van der Waals surface area (Å²) < 4.78 is 60.4. The number of anilines is 3. The number of hydrogen-bond donors (Lipinski definition) is 4. The van der Waals surface area contributed by atoms with Crippen LogP contribution in [0.15, 0.2) is 48.8 Å². The Hall–Kier alpha value is -4.92. The third-order valence-electron chi connectivity index (χ3n) is 6.47. The molecule has 0 unspecified atom stereocenters. The van der Waals surface area contributed by atoms with Crippen molar-refractivity contribution in [1.29, 1.82) is 0 Å². The highest BCUT2D eigenvalue weighted by Gasteiger charge is 2.31. The third-order valence-corrected chi connectivity index (χ3v) is 6.47. The Kier molecular flexibility index (Phi) is 7.36. The van der Waals surface area contributed by atoms with Crippen LogP contribution in [-0.4, -0.2) is 58.2 Å². The lowest BCUT2D eigenvalue weighted by molar-refractivity contribution is -0.137. The molecule has 11 nitrogen and oxygen atoms in total. The Labute approximate surface area is 230 Å². The fraction of sp³-hybridized carbons (Fsp3) is 0.231. The van der Waals surface area contributed by atoms with Gasteiger partial charge >= 0.3 is 12.2 Å². The minimum absolute atomic E-state index is 0.0895. The largest absolute Gasteiger partial charge is 0.494 e. The van der Waals surface area contributed by atoms with Gasteiger partial charge in [0.25, 0.3) is 0 Å². The second-order valence-corrected chi connectivity index (χ2v) is 9.17. The smallest absolute Gasteiger partial charge is 0.416 e. The summed E-state index contributed by atoms with van der Waals surface area (Å²) in [5.74, 6) is -0.437. The number of fused-ring (bicyclic) bond motifs is 1. The lowest BCUT2D eigenvalue weighted by Crippen LogP contribution is -2.47. The van der Waals surface area contributed by atoms with Crippen LogP contribution in [0.2, 0.25) is 0 Å². The zero-order chi connectivity index (χ0) is 29.3. The van der Waals surface area contributed by atoms with E-state index in [0.717, 1.165) is 0 Å². The first-order valence-electron chi connectivity index (χ1n) is 12.3. The summed E-state index contributed by atoms with van der Waals surface area (Å²) in [5.41, 5.74) is 7.17. The molecule has 2 aromatic carbocycles. The molecular weight excluding hydrogens is 548 g/mol. The number of methoxy groups -OCH3 is 1. The Morgan fingerprint density at radius 2 is 1.93 bits per heavy atom. The minimum atomic E-state index is -4.70. The molecule has 15 heteroatoms. The number of urea groups is 1. The molecular formula is C26H24F4N8O3. The maximum atomic E-state index is 14.0. The van der Waals surface area contributed by atoms with Gasteiger partial charge in [0.1, 0.15) is 17.7 Å². The van der Waals surface area contributed by atoms with E-state index in [1.807, 2.05) is 4.90 Å². The van der Waals surface area contributed by atoms with Crippen molar-refractivity contribution >= 4 is 34.6 Å². The van der Waals surface area contributed by atoms with Crippen molar-refractivity contribution in [2.45, 2.75) is 12.7 Å². The topological polar surface area (TPSA) is 139 Å². The number of ether oxygens (including phenoxy) is 1. The molecule has 3 heterocycles. The van der Waals surface area contributed by atoms with E-state index < -0.39 is 29.3 Å². The van der Waals surface area contributed by atoms with Crippen LogP contribution in [0.5, 0.6) is 5.75 Å². The van der Waals surface area contributed by atoms with Crippen molar-refractivity contribution < 1.29 is 31.9 Å². The van der Waals surface area contributed by atoms with Crippen LogP contribution in [0.1, 0.15) is 11.3 Å². The predicted molar refractivity (Wildman–Crippen MR) is 142 cm³/mol. The molecule has 0 radical (unpaired) electrons. The molecule has 41 heavy (non-hydrogen) atoms. The third kappa shape index (κ3) is 5.70. The van der Waals surface area contributed by atoms with E-state index in [9.17, 15) is 27.2 Å². The second kappa shape index (κ2) is 10.9. The van der Waals surface area contributed by atoms with Crippen molar-refractivity contribution in [3.05, 3.63) is 65.9 Å². The van der Waals surface area contributed by atoms with Crippen molar-refractivity contribution in [1.82, 2.24) is 24.8 Å². The molecule has 0 aliphatic carbocycles. The van der Waals surface area contributed by atoms with Crippen molar-refractivity contribution in [3.63, 3.8) is 0 Å². The lowest BCUT2D eigenvalue weighted by Gasteiger charge is -2.26. The van der Waals surface area contributed by atoms with Crippen LogP contribution in [-0.2, 0) is 17.5 Å². The molecule has 4 aromatic rings. The number of carbonyl (C=O) groups excluding carboxylic acids is 2. The maximum absolute atomic E-state index is 14.0. The summed E-state index contributed by atoms with van der Waals surface area (Å²) in [6.07, 6.45) is -3.38. The van der Waals surface area contributed by atoms with Gasteiger partial charge in [0.05, 0.1) is 36.2 Å². The fourth-order valence-corrected chi connectivity index (χ4v) is 4.62. The van der Waals surface area contributed by atoms with Gasteiger partial charge in [0, 0.05) is 25.3 Å². The van der Waals surface area contributed by atoms with Gasteiger partial charge in [-0.3, -0.25) is 9.69 Å². The SMILES string of the molecule is COc1c(-c2ccc(NC(=O)Nc3cc(C(F)(F)F)ccc3F)cc2)c2c(N)ncnn2c1CN1CCNC(=O)C1. The van der Waals surface area contributed by atoms with Crippen LogP contribution in [0, 0.1) is 5.82 Å². The average Bonchev–Trinajstić information content (AvgIpc) is 3.24. The molecule has 1 saturated heterocycles. The Morgan fingerprint density at radius 1 is 1.17 bits per heavy atom. The molecule has 5 N–H and O–H groups in total. The second-order valence-electron chi connectivity index (χ2n) is 9.17. The first-order valence-corrected chi connectivity index (χ1v) is 12.3. The summed E-state index contributed by atoms with van der Waals surface area (Å²) in [4.78, 5) is 30.4. The first kappa shape index (κ1) is 27.6. The van der Waals surface area contributed by atoms with E-state index in [4.69, 9.17) is 10.5 Å². The number of piperazine rings is 1. The minimum Gasteiger partial charge on any atom is -0.494 e. The highest BCUT2D eigenvalue weighted by Crippen LogP contribution is 2.41. The molecule has 0 bridgehead atoms. The number of nitrogens with two attached hydrogens (primary N) is 1. The van der Waals surface area contributed by atoms with Gasteiger partial charge in [-0.25, -0.2) is 18.7 Å². The summed E-state index contributed by atoms with van der Waals surface area (Å²) in [6.45, 7) is 1.70. The van der Waals surface area contributed by atoms with E-state index in [2.05, 4.69) is 26.0 Å².